The molecule has 2 aliphatic heterocycles. The lowest BCUT2D eigenvalue weighted by Gasteiger charge is -2.32. The number of carbonyl (C=O) groups excluding carboxylic acids is 1. The fraction of sp³-hybridized carbons (Fsp3) is 0.478. The Hall–Kier alpha value is -2.57. The van der Waals surface area contributed by atoms with E-state index in [2.05, 4.69) is 30.5 Å². The molecule has 0 atom stereocenters. The maximum Gasteiger partial charge on any atom is 0.236 e. The van der Waals surface area contributed by atoms with Gasteiger partial charge < -0.3 is 29.6 Å². The van der Waals surface area contributed by atoms with Crippen LogP contribution in [0.25, 0.3) is 11.2 Å². The molecule has 2 aliphatic rings. The van der Waals surface area contributed by atoms with E-state index in [4.69, 9.17) is 20.2 Å². The number of hydrogen-bond donors (Lipinski definition) is 1. The van der Waals surface area contributed by atoms with E-state index in [9.17, 15) is 4.79 Å². The van der Waals surface area contributed by atoms with Gasteiger partial charge in [0.2, 0.25) is 12.7 Å². The van der Waals surface area contributed by atoms with E-state index in [1.165, 1.54) is 18.1 Å². The Bertz CT molecular complexity index is 1240. The summed E-state index contributed by atoms with van der Waals surface area (Å²) >= 11 is 5.17. The predicted octanol–water partition coefficient (Wildman–Crippen LogP) is 3.24. The SMILES string of the molecule is CN(C)CC(=O)N1CCC(CCn2c(Sc3cc4c(cc3Br)OCO4)nc3c(N)ncnc32)CC1. The van der Waals surface area contributed by atoms with Gasteiger partial charge in [0.15, 0.2) is 33.6 Å². The third-order valence-corrected chi connectivity index (χ3v) is 8.30. The van der Waals surface area contributed by atoms with Crippen LogP contribution < -0.4 is 15.2 Å². The van der Waals surface area contributed by atoms with E-state index in [1.54, 1.807) is 0 Å². The first-order chi connectivity index (χ1) is 16.9. The number of imidazole rings is 1. The number of likely N-dealkylation sites (N-methyl/N-ethyl adjacent to an activating group) is 1. The standard InChI is InChI=1S/C23H28BrN7O3S/c1-29(2)11-19(32)30-6-3-14(4-7-30)5-8-31-22-20(21(25)26-12-27-22)28-23(31)35-18-10-17-16(9-15(18)24)33-13-34-17/h9-10,12,14H,3-8,11,13H2,1-2H3,(H2,25,26,27). The fourth-order valence-corrected chi connectivity index (χ4v) is 5.95. The van der Waals surface area contributed by atoms with Gasteiger partial charge in [0.05, 0.1) is 6.54 Å². The van der Waals surface area contributed by atoms with Crippen LogP contribution in [0, 0.1) is 5.92 Å². The average molecular weight is 562 g/mol. The first-order valence-corrected chi connectivity index (χ1v) is 13.2. The van der Waals surface area contributed by atoms with Crippen molar-refractivity contribution in [3.05, 3.63) is 22.9 Å². The average Bonchev–Trinajstić information content (AvgIpc) is 3.42. The number of aromatic nitrogens is 4. The summed E-state index contributed by atoms with van der Waals surface area (Å²) in [7, 11) is 3.85. The molecular formula is C23H28BrN7O3S. The largest absolute Gasteiger partial charge is 0.454 e. The third-order valence-electron chi connectivity index (χ3n) is 6.33. The molecule has 1 fully saturated rings. The number of anilines is 1. The molecule has 0 saturated carbocycles. The molecule has 35 heavy (non-hydrogen) atoms. The number of ether oxygens (including phenoxy) is 2. The van der Waals surface area contributed by atoms with Crippen LogP contribution >= 0.6 is 27.7 Å². The summed E-state index contributed by atoms with van der Waals surface area (Å²) in [5.41, 5.74) is 7.47. The highest BCUT2D eigenvalue weighted by atomic mass is 79.9. The number of rotatable bonds is 7. The van der Waals surface area contributed by atoms with Crippen molar-refractivity contribution in [1.82, 2.24) is 29.3 Å². The molecule has 0 unspecified atom stereocenters. The molecule has 2 N–H and O–H groups in total. The Labute approximate surface area is 216 Å². The number of nitrogen functional groups attached to an aromatic ring is 1. The third kappa shape index (κ3) is 5.19. The number of aryl methyl sites for hydroxylation is 1. The van der Waals surface area contributed by atoms with Crippen LogP contribution in [0.5, 0.6) is 11.5 Å². The maximum absolute atomic E-state index is 12.4. The molecule has 1 amide bonds. The van der Waals surface area contributed by atoms with E-state index < -0.39 is 0 Å². The molecule has 1 aromatic carbocycles. The molecule has 0 spiro atoms. The van der Waals surface area contributed by atoms with Gasteiger partial charge in [0.25, 0.3) is 0 Å². The van der Waals surface area contributed by atoms with Gasteiger partial charge in [-0.15, -0.1) is 0 Å². The lowest BCUT2D eigenvalue weighted by atomic mass is 9.93. The summed E-state index contributed by atoms with van der Waals surface area (Å²) in [6, 6.07) is 3.87. The predicted molar refractivity (Wildman–Crippen MR) is 137 cm³/mol. The number of amides is 1. The molecule has 5 rings (SSSR count). The second kappa shape index (κ2) is 10.2. The fourth-order valence-electron chi connectivity index (χ4n) is 4.44. The van der Waals surface area contributed by atoms with Crippen molar-refractivity contribution in [1.29, 1.82) is 0 Å². The highest BCUT2D eigenvalue weighted by Crippen LogP contribution is 2.43. The van der Waals surface area contributed by atoms with Gasteiger partial charge in [-0.3, -0.25) is 4.79 Å². The van der Waals surface area contributed by atoms with E-state index in [1.807, 2.05) is 36.0 Å². The van der Waals surface area contributed by atoms with E-state index in [-0.39, 0.29) is 12.7 Å². The number of fused-ring (bicyclic) bond motifs is 2. The van der Waals surface area contributed by atoms with Crippen LogP contribution in [-0.2, 0) is 11.3 Å². The van der Waals surface area contributed by atoms with Crippen molar-refractivity contribution in [3.8, 4) is 11.5 Å². The second-order valence-corrected chi connectivity index (χ2v) is 10.9. The van der Waals surface area contributed by atoms with Gasteiger partial charge in [0.1, 0.15) is 6.33 Å². The lowest BCUT2D eigenvalue weighted by molar-refractivity contribution is -0.133. The maximum atomic E-state index is 12.4. The van der Waals surface area contributed by atoms with Crippen LogP contribution in [0.4, 0.5) is 5.82 Å². The van der Waals surface area contributed by atoms with Crippen molar-refractivity contribution < 1.29 is 14.3 Å². The highest BCUT2D eigenvalue weighted by Gasteiger charge is 2.25. The van der Waals surface area contributed by atoms with Crippen LogP contribution in [0.1, 0.15) is 19.3 Å². The normalized spacial score (nSPS) is 15.9. The number of likely N-dealkylation sites (tertiary alicyclic amines) is 1. The molecule has 186 valence electrons. The van der Waals surface area contributed by atoms with E-state index in [0.717, 1.165) is 64.8 Å². The summed E-state index contributed by atoms with van der Waals surface area (Å²) in [6.45, 7) is 3.06. The van der Waals surface area contributed by atoms with Gasteiger partial charge in [-0.2, -0.15) is 0 Å². The van der Waals surface area contributed by atoms with Gasteiger partial charge >= 0.3 is 0 Å². The minimum Gasteiger partial charge on any atom is -0.454 e. The number of nitrogens with two attached hydrogens (primary N) is 1. The zero-order valence-electron chi connectivity index (χ0n) is 19.7. The number of carbonyl (C=O) groups is 1. The smallest absolute Gasteiger partial charge is 0.236 e. The molecule has 3 aromatic rings. The first kappa shape index (κ1) is 24.1. The summed E-state index contributed by atoms with van der Waals surface area (Å²) < 4.78 is 14.1. The topological polar surface area (TPSA) is 112 Å². The van der Waals surface area contributed by atoms with Crippen molar-refractivity contribution in [3.63, 3.8) is 0 Å². The van der Waals surface area contributed by atoms with Gasteiger partial charge in [-0.1, -0.05) is 11.8 Å². The Kier molecular flexibility index (Phi) is 7.03. The molecule has 0 radical (unpaired) electrons. The molecule has 12 heteroatoms. The molecular weight excluding hydrogens is 534 g/mol. The highest BCUT2D eigenvalue weighted by molar-refractivity contribution is 9.10. The Morgan fingerprint density at radius 3 is 2.71 bits per heavy atom. The molecule has 0 aliphatic carbocycles. The van der Waals surface area contributed by atoms with E-state index >= 15 is 0 Å². The minimum atomic E-state index is 0.203. The van der Waals surface area contributed by atoms with E-state index in [0.29, 0.717) is 29.5 Å². The summed E-state index contributed by atoms with van der Waals surface area (Å²) in [6.07, 6.45) is 4.45. The van der Waals surface area contributed by atoms with Crippen molar-refractivity contribution in [2.24, 2.45) is 5.92 Å². The zero-order chi connectivity index (χ0) is 24.5. The van der Waals surface area contributed by atoms with Crippen LogP contribution in [-0.4, -0.2) is 75.7 Å². The monoisotopic (exact) mass is 561 g/mol. The molecule has 2 aromatic heterocycles. The summed E-state index contributed by atoms with van der Waals surface area (Å²) in [5.74, 6) is 2.54. The van der Waals surface area contributed by atoms with Gasteiger partial charge in [-0.05, 0) is 67.3 Å². The number of halogens is 1. The Balaban J connectivity index is 1.32. The van der Waals surface area contributed by atoms with Crippen LogP contribution in [0.3, 0.4) is 0 Å². The van der Waals surface area contributed by atoms with Crippen LogP contribution in [0.15, 0.2) is 33.0 Å². The minimum absolute atomic E-state index is 0.203. The molecule has 4 heterocycles. The molecule has 0 bridgehead atoms. The lowest BCUT2D eigenvalue weighted by Crippen LogP contribution is -2.42. The van der Waals surface area contributed by atoms with Crippen molar-refractivity contribution in [2.75, 3.05) is 46.3 Å². The molecule has 10 nitrogen and oxygen atoms in total. The summed E-state index contributed by atoms with van der Waals surface area (Å²) in [4.78, 5) is 30.7. The van der Waals surface area contributed by atoms with Crippen LogP contribution in [0.2, 0.25) is 0 Å². The first-order valence-electron chi connectivity index (χ1n) is 11.5. The number of nitrogens with zero attached hydrogens (tertiary/aromatic N) is 6. The Morgan fingerprint density at radius 2 is 1.97 bits per heavy atom. The number of hydrogen-bond acceptors (Lipinski definition) is 9. The summed E-state index contributed by atoms with van der Waals surface area (Å²) in [5, 5.41) is 0.797. The molecule has 1 saturated heterocycles. The number of benzene rings is 1. The second-order valence-electron chi connectivity index (χ2n) is 9.07. The zero-order valence-corrected chi connectivity index (χ0v) is 22.1. The van der Waals surface area contributed by atoms with Gasteiger partial charge in [-0.25, -0.2) is 15.0 Å². The van der Waals surface area contributed by atoms with Crippen molar-refractivity contribution >= 4 is 50.6 Å². The quantitative estimate of drug-likeness (QED) is 0.464. The van der Waals surface area contributed by atoms with Gasteiger partial charge in [0, 0.05) is 29.0 Å². The number of piperidine rings is 1. The Morgan fingerprint density at radius 1 is 1.23 bits per heavy atom. The van der Waals surface area contributed by atoms with Crippen molar-refractivity contribution in [2.45, 2.75) is 35.9 Å².